The largest absolute Gasteiger partial charge is 0.341 e. The van der Waals surface area contributed by atoms with Gasteiger partial charge in [-0.2, -0.15) is 0 Å². The fourth-order valence-corrected chi connectivity index (χ4v) is 2.37. The van der Waals surface area contributed by atoms with Gasteiger partial charge in [-0.3, -0.25) is 0 Å². The fourth-order valence-electron chi connectivity index (χ4n) is 2.37. The van der Waals surface area contributed by atoms with Gasteiger partial charge in [-0.15, -0.1) is 0 Å². The van der Waals surface area contributed by atoms with Gasteiger partial charge in [0, 0.05) is 25.5 Å². The zero-order valence-corrected chi connectivity index (χ0v) is 10.6. The van der Waals surface area contributed by atoms with Gasteiger partial charge in [-0.1, -0.05) is 13.3 Å². The molecule has 1 fully saturated rings. The Kier molecular flexibility index (Phi) is 4.31. The molecule has 1 atom stereocenters. The second-order valence-corrected chi connectivity index (χ2v) is 4.83. The van der Waals surface area contributed by atoms with Gasteiger partial charge in [0.25, 0.3) is 0 Å². The van der Waals surface area contributed by atoms with Crippen LogP contribution in [-0.2, 0) is 6.42 Å². The molecule has 2 N–H and O–H groups in total. The highest BCUT2D eigenvalue weighted by Gasteiger charge is 2.20. The smallest absolute Gasteiger partial charge is 0.225 e. The Morgan fingerprint density at radius 3 is 2.82 bits per heavy atom. The summed E-state index contributed by atoms with van der Waals surface area (Å²) in [6, 6.07) is 0. The summed E-state index contributed by atoms with van der Waals surface area (Å²) < 4.78 is 0. The van der Waals surface area contributed by atoms with Crippen LogP contribution in [0.15, 0.2) is 12.4 Å². The van der Waals surface area contributed by atoms with Crippen molar-refractivity contribution in [2.75, 3.05) is 24.5 Å². The van der Waals surface area contributed by atoms with E-state index in [1.165, 1.54) is 18.4 Å². The monoisotopic (exact) mass is 234 g/mol. The molecule has 1 aliphatic rings. The summed E-state index contributed by atoms with van der Waals surface area (Å²) in [5, 5.41) is 0. The van der Waals surface area contributed by atoms with Gasteiger partial charge in [-0.25, -0.2) is 9.97 Å². The van der Waals surface area contributed by atoms with E-state index in [2.05, 4.69) is 21.8 Å². The summed E-state index contributed by atoms with van der Waals surface area (Å²) >= 11 is 0. The number of aromatic nitrogens is 2. The first kappa shape index (κ1) is 12.3. The van der Waals surface area contributed by atoms with Gasteiger partial charge in [0.1, 0.15) is 0 Å². The van der Waals surface area contributed by atoms with Crippen LogP contribution in [0.3, 0.4) is 0 Å². The molecule has 0 aromatic carbocycles. The van der Waals surface area contributed by atoms with Crippen LogP contribution in [0, 0.1) is 5.92 Å². The predicted molar refractivity (Wildman–Crippen MR) is 70.0 cm³/mol. The average Bonchev–Trinajstić information content (AvgIpc) is 2.40. The molecule has 2 heterocycles. The first-order valence-electron chi connectivity index (χ1n) is 6.59. The Hall–Kier alpha value is -1.16. The van der Waals surface area contributed by atoms with Gasteiger partial charge < -0.3 is 10.6 Å². The van der Waals surface area contributed by atoms with Crippen LogP contribution in [0.5, 0.6) is 0 Å². The fraction of sp³-hybridized carbons (Fsp3) is 0.692. The molecular weight excluding hydrogens is 212 g/mol. The van der Waals surface area contributed by atoms with Crippen LogP contribution in [0.25, 0.3) is 0 Å². The number of aryl methyl sites for hydroxylation is 1. The van der Waals surface area contributed by atoms with Crippen LogP contribution in [-0.4, -0.2) is 29.6 Å². The first-order chi connectivity index (χ1) is 8.33. The average molecular weight is 234 g/mol. The lowest BCUT2D eigenvalue weighted by molar-refractivity contribution is 0.419. The van der Waals surface area contributed by atoms with Crippen molar-refractivity contribution in [2.45, 2.75) is 32.6 Å². The molecule has 4 heteroatoms. The summed E-state index contributed by atoms with van der Waals surface area (Å²) in [5.41, 5.74) is 6.97. The Labute approximate surface area is 103 Å². The quantitative estimate of drug-likeness (QED) is 0.860. The highest BCUT2D eigenvalue weighted by atomic mass is 15.2. The molecule has 1 aliphatic heterocycles. The maximum Gasteiger partial charge on any atom is 0.225 e. The highest BCUT2D eigenvalue weighted by Crippen LogP contribution is 2.19. The minimum Gasteiger partial charge on any atom is -0.341 e. The van der Waals surface area contributed by atoms with Crippen LogP contribution < -0.4 is 10.6 Å². The number of nitrogens with two attached hydrogens (primary N) is 1. The molecule has 1 unspecified atom stereocenters. The standard InChI is InChI=1S/C13H22N4/c1-2-4-12-8-15-13(16-9-12)17-6-3-5-11(7-14)10-17/h8-9,11H,2-7,10,14H2,1H3. The van der Waals surface area contributed by atoms with E-state index in [9.17, 15) is 0 Å². The SMILES string of the molecule is CCCc1cnc(N2CCCC(CN)C2)nc1. The van der Waals surface area contributed by atoms with E-state index in [4.69, 9.17) is 5.73 Å². The van der Waals surface area contributed by atoms with Crippen molar-refractivity contribution < 1.29 is 0 Å². The minimum atomic E-state index is 0.600. The van der Waals surface area contributed by atoms with Crippen molar-refractivity contribution >= 4 is 5.95 Å². The molecule has 0 amide bonds. The lowest BCUT2D eigenvalue weighted by Crippen LogP contribution is -2.39. The Morgan fingerprint density at radius 2 is 2.18 bits per heavy atom. The normalized spacial score (nSPS) is 20.6. The molecular formula is C13H22N4. The van der Waals surface area contributed by atoms with Crippen LogP contribution in [0.1, 0.15) is 31.7 Å². The minimum absolute atomic E-state index is 0.600. The second kappa shape index (κ2) is 5.96. The zero-order chi connectivity index (χ0) is 12.1. The lowest BCUT2D eigenvalue weighted by atomic mass is 9.99. The molecule has 0 saturated carbocycles. The third-order valence-electron chi connectivity index (χ3n) is 3.37. The summed E-state index contributed by atoms with van der Waals surface area (Å²) in [5.74, 6) is 1.46. The number of hydrogen-bond donors (Lipinski definition) is 1. The maximum atomic E-state index is 5.74. The number of anilines is 1. The molecule has 0 aliphatic carbocycles. The third kappa shape index (κ3) is 3.16. The maximum absolute atomic E-state index is 5.74. The van der Waals surface area contributed by atoms with Crippen molar-refractivity contribution in [1.29, 1.82) is 0 Å². The molecule has 2 rings (SSSR count). The van der Waals surface area contributed by atoms with Crippen molar-refractivity contribution in [3.63, 3.8) is 0 Å². The molecule has 17 heavy (non-hydrogen) atoms. The molecule has 0 bridgehead atoms. The van der Waals surface area contributed by atoms with Crippen molar-refractivity contribution in [3.05, 3.63) is 18.0 Å². The summed E-state index contributed by atoms with van der Waals surface area (Å²) in [6.45, 7) is 5.00. The molecule has 1 aromatic heterocycles. The molecule has 0 radical (unpaired) electrons. The number of piperidine rings is 1. The van der Waals surface area contributed by atoms with Gasteiger partial charge in [0.05, 0.1) is 0 Å². The number of rotatable bonds is 4. The molecule has 1 aromatic rings. The lowest BCUT2D eigenvalue weighted by Gasteiger charge is -2.32. The van der Waals surface area contributed by atoms with Crippen molar-refractivity contribution in [3.8, 4) is 0 Å². The van der Waals surface area contributed by atoms with E-state index in [0.29, 0.717) is 5.92 Å². The zero-order valence-electron chi connectivity index (χ0n) is 10.6. The molecule has 1 saturated heterocycles. The summed E-state index contributed by atoms with van der Waals surface area (Å²) in [4.78, 5) is 11.2. The number of nitrogens with zero attached hydrogens (tertiary/aromatic N) is 3. The van der Waals surface area contributed by atoms with Gasteiger partial charge >= 0.3 is 0 Å². The molecule has 0 spiro atoms. The predicted octanol–water partition coefficient (Wildman–Crippen LogP) is 1.60. The summed E-state index contributed by atoms with van der Waals surface area (Å²) in [7, 11) is 0. The first-order valence-corrected chi connectivity index (χ1v) is 6.59. The second-order valence-electron chi connectivity index (χ2n) is 4.83. The van der Waals surface area contributed by atoms with Crippen molar-refractivity contribution in [1.82, 2.24) is 9.97 Å². The third-order valence-corrected chi connectivity index (χ3v) is 3.37. The Morgan fingerprint density at radius 1 is 1.41 bits per heavy atom. The van der Waals surface area contributed by atoms with E-state index in [-0.39, 0.29) is 0 Å². The molecule has 94 valence electrons. The molecule has 4 nitrogen and oxygen atoms in total. The highest BCUT2D eigenvalue weighted by molar-refractivity contribution is 5.30. The van der Waals surface area contributed by atoms with Crippen LogP contribution >= 0.6 is 0 Å². The Bertz CT molecular complexity index is 336. The van der Waals surface area contributed by atoms with Gasteiger partial charge in [-0.05, 0) is 37.3 Å². The Balaban J connectivity index is 2.01. The van der Waals surface area contributed by atoms with Crippen molar-refractivity contribution in [2.24, 2.45) is 11.7 Å². The number of hydrogen-bond acceptors (Lipinski definition) is 4. The summed E-state index contributed by atoms with van der Waals surface area (Å²) in [6.07, 6.45) is 8.55. The van der Waals surface area contributed by atoms with E-state index in [0.717, 1.165) is 38.4 Å². The van der Waals surface area contributed by atoms with E-state index >= 15 is 0 Å². The van der Waals surface area contributed by atoms with E-state index in [1.807, 2.05) is 12.4 Å². The topological polar surface area (TPSA) is 55.0 Å². The van der Waals surface area contributed by atoms with E-state index < -0.39 is 0 Å². The van der Waals surface area contributed by atoms with Gasteiger partial charge in [0.15, 0.2) is 0 Å². The van der Waals surface area contributed by atoms with Gasteiger partial charge in [0.2, 0.25) is 5.95 Å². The van der Waals surface area contributed by atoms with Crippen LogP contribution in [0.2, 0.25) is 0 Å². The van der Waals surface area contributed by atoms with Crippen LogP contribution in [0.4, 0.5) is 5.95 Å². The van der Waals surface area contributed by atoms with E-state index in [1.54, 1.807) is 0 Å².